The van der Waals surface area contributed by atoms with Crippen LogP contribution in [0.5, 0.6) is 0 Å². The van der Waals surface area contributed by atoms with Gasteiger partial charge in [-0.25, -0.2) is 8.42 Å². The van der Waals surface area contributed by atoms with Gasteiger partial charge in [0.2, 0.25) is 5.91 Å². The average molecular weight is 457 g/mol. The highest BCUT2D eigenvalue weighted by molar-refractivity contribution is 7.92. The smallest absolute Gasteiger partial charge is 0.264 e. The minimum absolute atomic E-state index is 0.109. The third-order valence-electron chi connectivity index (χ3n) is 5.08. The van der Waals surface area contributed by atoms with Crippen molar-refractivity contribution in [3.63, 3.8) is 0 Å². The lowest BCUT2D eigenvalue weighted by Crippen LogP contribution is -2.38. The topological polar surface area (TPSA) is 66.5 Å². The average Bonchev–Trinajstić information content (AvgIpc) is 2.71. The molecule has 0 aliphatic heterocycles. The van der Waals surface area contributed by atoms with Gasteiger partial charge < -0.3 is 5.32 Å². The number of amides is 1. The summed E-state index contributed by atoms with van der Waals surface area (Å²) in [4.78, 5) is 13.1. The summed E-state index contributed by atoms with van der Waals surface area (Å²) in [6.45, 7) is 7.07. The highest BCUT2D eigenvalue weighted by atomic mass is 35.5. The number of para-hydroxylation sites is 1. The van der Waals surface area contributed by atoms with Gasteiger partial charge in [0.25, 0.3) is 10.0 Å². The fourth-order valence-electron chi connectivity index (χ4n) is 3.31. The third-order valence-corrected chi connectivity index (χ3v) is 7.09. The van der Waals surface area contributed by atoms with Crippen LogP contribution in [0.3, 0.4) is 0 Å². The van der Waals surface area contributed by atoms with Crippen LogP contribution in [0.15, 0.2) is 65.6 Å². The zero-order valence-electron chi connectivity index (χ0n) is 17.9. The van der Waals surface area contributed by atoms with E-state index in [-0.39, 0.29) is 11.4 Å². The van der Waals surface area contributed by atoms with Crippen molar-refractivity contribution in [2.45, 2.75) is 32.6 Å². The van der Waals surface area contributed by atoms with E-state index >= 15 is 0 Å². The van der Waals surface area contributed by atoms with Gasteiger partial charge in [-0.1, -0.05) is 53.6 Å². The summed E-state index contributed by atoms with van der Waals surface area (Å²) < 4.78 is 28.2. The van der Waals surface area contributed by atoms with Gasteiger partial charge in [0, 0.05) is 10.7 Å². The zero-order valence-corrected chi connectivity index (χ0v) is 19.5. The predicted molar refractivity (Wildman–Crippen MR) is 126 cm³/mol. The van der Waals surface area contributed by atoms with Crippen LogP contribution in [-0.4, -0.2) is 20.9 Å². The second kappa shape index (κ2) is 9.12. The van der Waals surface area contributed by atoms with E-state index in [1.54, 1.807) is 49.4 Å². The number of benzene rings is 3. The molecular weight excluding hydrogens is 432 g/mol. The summed E-state index contributed by atoms with van der Waals surface area (Å²) in [7, 11) is -4.00. The molecule has 162 valence electrons. The molecule has 0 radical (unpaired) electrons. The van der Waals surface area contributed by atoms with Crippen LogP contribution >= 0.6 is 11.6 Å². The van der Waals surface area contributed by atoms with Crippen molar-refractivity contribution in [1.82, 2.24) is 0 Å². The monoisotopic (exact) mass is 456 g/mol. The molecule has 31 heavy (non-hydrogen) atoms. The first kappa shape index (κ1) is 22.8. The van der Waals surface area contributed by atoms with Crippen molar-refractivity contribution < 1.29 is 13.2 Å². The van der Waals surface area contributed by atoms with Gasteiger partial charge in [-0.2, -0.15) is 0 Å². The first-order valence-electron chi connectivity index (χ1n) is 9.81. The molecule has 0 saturated carbocycles. The van der Waals surface area contributed by atoms with Gasteiger partial charge in [-0.15, -0.1) is 0 Å². The number of aryl methyl sites for hydroxylation is 4. The SMILES string of the molecule is Cc1ccc(S(=O)(=O)N(CC(=O)Nc2c(C)cccc2C)c2cc(Cl)ccc2C)cc1. The molecule has 7 heteroatoms. The van der Waals surface area contributed by atoms with Crippen LogP contribution in [-0.2, 0) is 14.8 Å². The lowest BCUT2D eigenvalue weighted by molar-refractivity contribution is -0.114. The van der Waals surface area contributed by atoms with Crippen LogP contribution in [0.1, 0.15) is 22.3 Å². The van der Waals surface area contributed by atoms with Crippen molar-refractivity contribution in [3.05, 3.63) is 87.9 Å². The maximum atomic E-state index is 13.5. The van der Waals surface area contributed by atoms with E-state index in [0.717, 1.165) is 21.0 Å². The molecule has 0 spiro atoms. The highest BCUT2D eigenvalue weighted by Crippen LogP contribution is 2.30. The fraction of sp³-hybridized carbons (Fsp3) is 0.208. The second-order valence-electron chi connectivity index (χ2n) is 7.57. The summed E-state index contributed by atoms with van der Waals surface area (Å²) in [6, 6.07) is 17.2. The van der Waals surface area contributed by atoms with Crippen molar-refractivity contribution in [2.24, 2.45) is 0 Å². The maximum Gasteiger partial charge on any atom is 0.264 e. The number of nitrogens with one attached hydrogen (secondary N) is 1. The molecular formula is C24H25ClN2O3S. The standard InChI is InChI=1S/C24H25ClN2O3S/c1-16-8-12-21(13-9-16)31(29,30)27(22-14-20(25)11-10-17(22)2)15-23(28)26-24-18(3)6-5-7-19(24)4/h5-14H,15H2,1-4H3,(H,26,28). The Morgan fingerprint density at radius 2 is 1.52 bits per heavy atom. The summed E-state index contributed by atoms with van der Waals surface area (Å²) in [5.74, 6) is -0.438. The van der Waals surface area contributed by atoms with Gasteiger partial charge in [0.1, 0.15) is 6.54 Å². The summed E-state index contributed by atoms with van der Waals surface area (Å²) in [5.41, 5.74) is 4.49. The Labute approximate surface area is 188 Å². The first-order valence-corrected chi connectivity index (χ1v) is 11.6. The highest BCUT2D eigenvalue weighted by Gasteiger charge is 2.28. The van der Waals surface area contributed by atoms with Gasteiger partial charge in [0.15, 0.2) is 0 Å². The minimum atomic E-state index is -4.00. The quantitative estimate of drug-likeness (QED) is 0.539. The van der Waals surface area contributed by atoms with E-state index in [0.29, 0.717) is 22.0 Å². The molecule has 3 rings (SSSR count). The van der Waals surface area contributed by atoms with E-state index in [1.165, 1.54) is 0 Å². The largest absolute Gasteiger partial charge is 0.324 e. The molecule has 0 aliphatic rings. The van der Waals surface area contributed by atoms with Gasteiger partial charge in [0.05, 0.1) is 10.6 Å². The molecule has 3 aromatic rings. The lowest BCUT2D eigenvalue weighted by Gasteiger charge is -2.26. The number of halogens is 1. The summed E-state index contributed by atoms with van der Waals surface area (Å²) in [6.07, 6.45) is 0. The molecule has 5 nitrogen and oxygen atoms in total. The number of hydrogen-bond acceptors (Lipinski definition) is 3. The number of sulfonamides is 1. The van der Waals surface area contributed by atoms with Crippen LogP contribution < -0.4 is 9.62 Å². The van der Waals surface area contributed by atoms with Crippen LogP contribution in [0.4, 0.5) is 11.4 Å². The Bertz CT molecular complexity index is 1200. The molecule has 0 unspecified atom stereocenters. The minimum Gasteiger partial charge on any atom is -0.324 e. The van der Waals surface area contributed by atoms with E-state index in [1.807, 2.05) is 39.0 Å². The van der Waals surface area contributed by atoms with Gasteiger partial charge >= 0.3 is 0 Å². The van der Waals surface area contributed by atoms with Crippen molar-refractivity contribution in [3.8, 4) is 0 Å². The molecule has 1 N–H and O–H groups in total. The third kappa shape index (κ3) is 5.09. The molecule has 0 aromatic heterocycles. The number of anilines is 2. The summed E-state index contributed by atoms with van der Waals surface area (Å²) in [5, 5.41) is 3.26. The first-order chi connectivity index (χ1) is 14.6. The molecule has 0 bridgehead atoms. The van der Waals surface area contributed by atoms with Crippen molar-refractivity contribution in [2.75, 3.05) is 16.2 Å². The Kier molecular flexibility index (Phi) is 6.72. The number of hydrogen-bond donors (Lipinski definition) is 1. The van der Waals surface area contributed by atoms with E-state index in [4.69, 9.17) is 11.6 Å². The number of rotatable bonds is 6. The summed E-state index contributed by atoms with van der Waals surface area (Å²) >= 11 is 6.16. The molecule has 0 aliphatic carbocycles. The Morgan fingerprint density at radius 3 is 2.13 bits per heavy atom. The number of carbonyl (C=O) groups is 1. The number of carbonyl (C=O) groups excluding carboxylic acids is 1. The van der Waals surface area contributed by atoms with Crippen molar-refractivity contribution >= 4 is 38.9 Å². The molecule has 1 amide bonds. The molecule has 0 saturated heterocycles. The zero-order chi connectivity index (χ0) is 22.8. The van der Waals surface area contributed by atoms with Gasteiger partial charge in [-0.3, -0.25) is 9.10 Å². The lowest BCUT2D eigenvalue weighted by atomic mass is 10.1. The maximum absolute atomic E-state index is 13.5. The van der Waals surface area contributed by atoms with E-state index < -0.39 is 15.9 Å². The Morgan fingerprint density at radius 1 is 0.903 bits per heavy atom. The Hall–Kier alpha value is -2.83. The fourth-order valence-corrected chi connectivity index (χ4v) is 4.95. The van der Waals surface area contributed by atoms with E-state index in [2.05, 4.69) is 5.32 Å². The predicted octanol–water partition coefficient (Wildman–Crippen LogP) is 5.41. The Balaban J connectivity index is 2.03. The van der Waals surface area contributed by atoms with Crippen LogP contribution in [0.25, 0.3) is 0 Å². The second-order valence-corrected chi connectivity index (χ2v) is 9.87. The van der Waals surface area contributed by atoms with Gasteiger partial charge in [-0.05, 0) is 68.7 Å². The van der Waals surface area contributed by atoms with E-state index in [9.17, 15) is 13.2 Å². The molecule has 3 aromatic carbocycles. The molecule has 0 fully saturated rings. The number of nitrogens with zero attached hydrogens (tertiary/aromatic N) is 1. The van der Waals surface area contributed by atoms with Crippen LogP contribution in [0, 0.1) is 27.7 Å². The molecule has 0 heterocycles. The normalized spacial score (nSPS) is 11.3. The van der Waals surface area contributed by atoms with Crippen LogP contribution in [0.2, 0.25) is 5.02 Å². The van der Waals surface area contributed by atoms with Crippen molar-refractivity contribution in [1.29, 1.82) is 0 Å². The molecule has 0 atom stereocenters.